The first-order valence-electron chi connectivity index (χ1n) is 8.63. The summed E-state index contributed by atoms with van der Waals surface area (Å²) in [5, 5.41) is 11.9. The van der Waals surface area contributed by atoms with Crippen molar-refractivity contribution in [2.75, 3.05) is 0 Å². The zero-order valence-electron chi connectivity index (χ0n) is 16.0. The quantitative estimate of drug-likeness (QED) is 0.754. The van der Waals surface area contributed by atoms with Gasteiger partial charge in [0, 0.05) is 0 Å². The second-order valence-corrected chi connectivity index (χ2v) is 7.55. The smallest absolute Gasteiger partial charge is 0.408 e. The number of carboxylic acids is 1. The Balaban J connectivity index is 2.94. The highest BCUT2D eigenvalue weighted by molar-refractivity contribution is 5.73. The molecule has 26 heavy (non-hydrogen) atoms. The molecular weight excluding hydrogens is 337 g/mol. The number of alkyl carbamates (subject to hydrolysis) is 1. The molecule has 2 atom stereocenters. The van der Waals surface area contributed by atoms with E-state index in [1.165, 1.54) is 0 Å². The van der Waals surface area contributed by atoms with Crippen molar-refractivity contribution in [1.82, 2.24) is 5.32 Å². The predicted molar refractivity (Wildman–Crippen MR) is 98.5 cm³/mol. The first-order valence-corrected chi connectivity index (χ1v) is 8.63. The molecule has 1 aromatic carbocycles. The number of hydrogen-bond donors (Lipinski definition) is 2. The van der Waals surface area contributed by atoms with Crippen LogP contribution in [0.3, 0.4) is 0 Å². The van der Waals surface area contributed by atoms with Gasteiger partial charge in [-0.2, -0.15) is 0 Å². The molecule has 0 bridgehead atoms. The number of aliphatic carboxylic acids is 1. The third kappa shape index (κ3) is 7.68. The monoisotopic (exact) mass is 365 g/mol. The molecule has 0 aliphatic rings. The zero-order chi connectivity index (χ0) is 19.9. The van der Waals surface area contributed by atoms with E-state index >= 15 is 0 Å². The van der Waals surface area contributed by atoms with Gasteiger partial charge in [-0.3, -0.25) is 4.79 Å². The van der Waals surface area contributed by atoms with Gasteiger partial charge in [0.2, 0.25) is 0 Å². The number of benzene rings is 1. The largest absolute Gasteiger partial charge is 0.481 e. The molecule has 0 saturated heterocycles. The van der Waals surface area contributed by atoms with Crippen molar-refractivity contribution in [2.24, 2.45) is 11.8 Å². The van der Waals surface area contributed by atoms with Gasteiger partial charge in [0.1, 0.15) is 11.4 Å². The van der Waals surface area contributed by atoms with Crippen molar-refractivity contribution >= 4 is 12.1 Å². The lowest BCUT2D eigenvalue weighted by Gasteiger charge is -2.25. The Labute approximate surface area is 154 Å². The molecule has 0 radical (unpaired) electrons. The molecule has 1 aromatic rings. The Morgan fingerprint density at radius 1 is 1.23 bits per heavy atom. The molecule has 0 unspecified atom stereocenters. The van der Waals surface area contributed by atoms with Crippen LogP contribution < -0.4 is 5.32 Å². The van der Waals surface area contributed by atoms with Crippen LogP contribution >= 0.6 is 0 Å². The van der Waals surface area contributed by atoms with Crippen LogP contribution in [0.15, 0.2) is 42.2 Å². The van der Waals surface area contributed by atoms with E-state index in [-0.39, 0.29) is 12.3 Å². The number of halogens is 1. The molecule has 0 heterocycles. The van der Waals surface area contributed by atoms with Gasteiger partial charge in [0.05, 0.1) is 12.0 Å². The second-order valence-electron chi connectivity index (χ2n) is 7.55. The van der Waals surface area contributed by atoms with E-state index in [0.29, 0.717) is 0 Å². The van der Waals surface area contributed by atoms with Gasteiger partial charge in [-0.25, -0.2) is 9.18 Å². The number of carboxylic acid groups (broad SMARTS) is 1. The van der Waals surface area contributed by atoms with Crippen LogP contribution in [0.1, 0.15) is 40.2 Å². The molecule has 0 spiro atoms. The third-order valence-electron chi connectivity index (χ3n) is 3.61. The molecule has 0 fully saturated rings. The fourth-order valence-corrected chi connectivity index (χ4v) is 2.37. The summed E-state index contributed by atoms with van der Waals surface area (Å²) in [6, 6.07) is 8.06. The van der Waals surface area contributed by atoms with Crippen molar-refractivity contribution in [2.45, 2.75) is 52.7 Å². The zero-order valence-corrected chi connectivity index (χ0v) is 16.0. The minimum Gasteiger partial charge on any atom is -0.481 e. The summed E-state index contributed by atoms with van der Waals surface area (Å²) >= 11 is 0. The van der Waals surface area contributed by atoms with Crippen LogP contribution in [0.25, 0.3) is 0 Å². The third-order valence-corrected chi connectivity index (χ3v) is 3.61. The average Bonchev–Trinajstić information content (AvgIpc) is 2.50. The topological polar surface area (TPSA) is 75.6 Å². The molecule has 5 nitrogen and oxygen atoms in total. The van der Waals surface area contributed by atoms with E-state index in [4.69, 9.17) is 4.74 Å². The summed E-state index contributed by atoms with van der Waals surface area (Å²) in [5.74, 6) is -3.11. The summed E-state index contributed by atoms with van der Waals surface area (Å²) in [4.78, 5) is 23.5. The molecule has 6 heteroatoms. The van der Waals surface area contributed by atoms with Gasteiger partial charge in [0.15, 0.2) is 0 Å². The van der Waals surface area contributed by atoms with Gasteiger partial charge < -0.3 is 15.2 Å². The summed E-state index contributed by atoms with van der Waals surface area (Å²) < 4.78 is 19.9. The SMILES string of the molecule is CC(C)[C@H](NC(=O)OC(C)(C)C)/C(F)=C/[C@@H](Cc1ccccc1)C(=O)O. The number of rotatable bonds is 7. The Kier molecular flexibility index (Phi) is 7.80. The van der Waals surface area contributed by atoms with E-state index < -0.39 is 35.5 Å². The number of carbonyl (C=O) groups is 2. The molecule has 0 aliphatic heterocycles. The maximum absolute atomic E-state index is 14.8. The minimum absolute atomic E-state index is 0.168. The van der Waals surface area contributed by atoms with Gasteiger partial charge in [0.25, 0.3) is 0 Å². The lowest BCUT2D eigenvalue weighted by Crippen LogP contribution is -2.42. The maximum atomic E-state index is 14.8. The Bertz CT molecular complexity index is 635. The van der Waals surface area contributed by atoms with Crippen molar-refractivity contribution in [3.8, 4) is 0 Å². The van der Waals surface area contributed by atoms with Crippen molar-refractivity contribution in [3.05, 3.63) is 47.8 Å². The summed E-state index contributed by atoms with van der Waals surface area (Å²) in [6.45, 7) is 8.61. The summed E-state index contributed by atoms with van der Waals surface area (Å²) in [5.41, 5.74) is 0.0908. The first-order chi connectivity index (χ1) is 12.0. The fraction of sp³-hybridized carbons (Fsp3) is 0.500. The molecular formula is C20H28FNO4. The van der Waals surface area contributed by atoms with Crippen molar-refractivity contribution < 1.29 is 23.8 Å². The summed E-state index contributed by atoms with van der Waals surface area (Å²) in [6.07, 6.45) is 0.493. The second kappa shape index (κ2) is 9.36. The van der Waals surface area contributed by atoms with E-state index in [0.717, 1.165) is 11.6 Å². The van der Waals surface area contributed by atoms with Gasteiger partial charge in [-0.1, -0.05) is 44.2 Å². The van der Waals surface area contributed by atoms with E-state index in [9.17, 15) is 19.1 Å². The Morgan fingerprint density at radius 3 is 2.27 bits per heavy atom. The number of ether oxygens (including phenoxy) is 1. The average molecular weight is 365 g/mol. The first kappa shape index (κ1) is 21.7. The van der Waals surface area contributed by atoms with Crippen molar-refractivity contribution in [1.29, 1.82) is 0 Å². The highest BCUT2D eigenvalue weighted by Gasteiger charge is 2.26. The van der Waals surface area contributed by atoms with Crippen LogP contribution in [-0.2, 0) is 16.0 Å². The predicted octanol–water partition coefficient (Wildman–Crippen LogP) is 4.33. The van der Waals surface area contributed by atoms with Gasteiger partial charge in [-0.15, -0.1) is 0 Å². The Morgan fingerprint density at radius 2 is 1.81 bits per heavy atom. The fourth-order valence-electron chi connectivity index (χ4n) is 2.37. The maximum Gasteiger partial charge on any atom is 0.408 e. The highest BCUT2D eigenvalue weighted by Crippen LogP contribution is 2.20. The number of amides is 1. The van der Waals surface area contributed by atoms with E-state index in [2.05, 4.69) is 5.32 Å². The lowest BCUT2D eigenvalue weighted by atomic mass is 9.95. The van der Waals surface area contributed by atoms with E-state index in [1.54, 1.807) is 58.9 Å². The standard InChI is InChI=1S/C20H28FNO4/c1-13(2)17(22-19(25)26-20(3,4)5)16(21)12-15(18(23)24)11-14-9-7-6-8-10-14/h6-10,12-13,15,17H,11H2,1-5H3,(H,22,25)(H,23,24)/b16-12-/t15-,17+/m1/s1. The minimum atomic E-state index is -1.12. The summed E-state index contributed by atoms with van der Waals surface area (Å²) in [7, 11) is 0. The van der Waals surface area contributed by atoms with Crippen LogP contribution in [0.5, 0.6) is 0 Å². The highest BCUT2D eigenvalue weighted by atomic mass is 19.1. The molecule has 1 rings (SSSR count). The molecule has 144 valence electrons. The molecule has 2 N–H and O–H groups in total. The van der Waals surface area contributed by atoms with Crippen molar-refractivity contribution in [3.63, 3.8) is 0 Å². The molecule has 0 aromatic heterocycles. The molecule has 1 amide bonds. The lowest BCUT2D eigenvalue weighted by molar-refractivity contribution is -0.140. The van der Waals surface area contributed by atoms with Crippen LogP contribution in [-0.4, -0.2) is 28.8 Å². The molecule has 0 aliphatic carbocycles. The van der Waals surface area contributed by atoms with E-state index in [1.807, 2.05) is 6.07 Å². The molecule has 0 saturated carbocycles. The van der Waals surface area contributed by atoms with Crippen LogP contribution in [0.4, 0.5) is 9.18 Å². The van der Waals surface area contributed by atoms with Crippen LogP contribution in [0, 0.1) is 11.8 Å². The van der Waals surface area contributed by atoms with Gasteiger partial charge in [-0.05, 0) is 44.7 Å². The number of nitrogens with one attached hydrogen (secondary N) is 1. The van der Waals surface area contributed by atoms with Crippen LogP contribution in [0.2, 0.25) is 0 Å². The van der Waals surface area contributed by atoms with Gasteiger partial charge >= 0.3 is 12.1 Å². The normalized spacial score (nSPS) is 14.7. The number of carbonyl (C=O) groups excluding carboxylic acids is 1. The number of hydrogen-bond acceptors (Lipinski definition) is 3. The Hall–Kier alpha value is -2.37.